The monoisotopic (exact) mass is 298 g/mol. The van der Waals surface area contributed by atoms with Gasteiger partial charge in [0.1, 0.15) is 5.82 Å². The van der Waals surface area contributed by atoms with E-state index in [0.717, 1.165) is 5.56 Å². The molecule has 100 valence electrons. The van der Waals surface area contributed by atoms with Crippen molar-refractivity contribution in [1.82, 2.24) is 0 Å². The highest BCUT2D eigenvalue weighted by atomic mass is 35.5. The van der Waals surface area contributed by atoms with Gasteiger partial charge in [-0.25, -0.2) is 4.39 Å². The van der Waals surface area contributed by atoms with E-state index < -0.39 is 5.82 Å². The summed E-state index contributed by atoms with van der Waals surface area (Å²) in [5.41, 5.74) is 7.94. The number of benzene rings is 2. The van der Waals surface area contributed by atoms with Gasteiger partial charge in [0.15, 0.2) is 0 Å². The number of nitrogens with zero attached hydrogens (tertiary/aromatic N) is 1. The standard InChI is InChI=1S/C14H13Cl2FN2/c1-19(8-9-2-4-10(15)5-3-9)14-6-11(16)12(17)7-13(14)18/h2-7H,8,18H2,1H3. The first-order chi connectivity index (χ1) is 8.97. The zero-order chi connectivity index (χ0) is 14.0. The molecule has 2 aromatic rings. The number of nitrogen functional groups attached to an aromatic ring is 1. The minimum Gasteiger partial charge on any atom is -0.397 e. The maximum absolute atomic E-state index is 13.2. The molecule has 0 aliphatic rings. The van der Waals surface area contributed by atoms with Gasteiger partial charge in [-0.3, -0.25) is 0 Å². The average Bonchev–Trinajstić information content (AvgIpc) is 2.36. The van der Waals surface area contributed by atoms with Crippen molar-refractivity contribution in [3.63, 3.8) is 0 Å². The van der Waals surface area contributed by atoms with Gasteiger partial charge in [0, 0.05) is 24.7 Å². The Morgan fingerprint density at radius 1 is 1.16 bits per heavy atom. The largest absolute Gasteiger partial charge is 0.397 e. The van der Waals surface area contributed by atoms with Crippen LogP contribution in [0.1, 0.15) is 5.56 Å². The van der Waals surface area contributed by atoms with Crippen molar-refractivity contribution in [1.29, 1.82) is 0 Å². The molecule has 0 spiro atoms. The SMILES string of the molecule is CN(Cc1ccc(Cl)cc1)c1cc(Cl)c(F)cc1N. The third-order valence-corrected chi connectivity index (χ3v) is 3.36. The second-order valence-electron chi connectivity index (χ2n) is 4.31. The molecular formula is C14H13Cl2FN2. The molecule has 2 nitrogen and oxygen atoms in total. The van der Waals surface area contributed by atoms with Crippen molar-refractivity contribution >= 4 is 34.6 Å². The van der Waals surface area contributed by atoms with E-state index in [1.807, 2.05) is 36.2 Å². The number of hydrogen-bond acceptors (Lipinski definition) is 2. The van der Waals surface area contributed by atoms with Crippen LogP contribution in [0.25, 0.3) is 0 Å². The fourth-order valence-corrected chi connectivity index (χ4v) is 2.12. The van der Waals surface area contributed by atoms with Gasteiger partial charge in [-0.05, 0) is 23.8 Å². The van der Waals surface area contributed by atoms with Crippen LogP contribution < -0.4 is 10.6 Å². The zero-order valence-electron chi connectivity index (χ0n) is 10.3. The average molecular weight is 299 g/mol. The van der Waals surface area contributed by atoms with Crippen molar-refractivity contribution in [3.05, 3.63) is 57.8 Å². The Balaban J connectivity index is 2.22. The zero-order valence-corrected chi connectivity index (χ0v) is 11.8. The molecule has 0 heterocycles. The van der Waals surface area contributed by atoms with Crippen molar-refractivity contribution in [2.24, 2.45) is 0 Å². The number of nitrogens with two attached hydrogens (primary N) is 1. The number of rotatable bonds is 3. The van der Waals surface area contributed by atoms with Crippen molar-refractivity contribution in [2.75, 3.05) is 17.7 Å². The molecule has 0 atom stereocenters. The van der Waals surface area contributed by atoms with Crippen LogP contribution in [0.15, 0.2) is 36.4 Å². The molecule has 0 bridgehead atoms. The van der Waals surface area contributed by atoms with Gasteiger partial charge in [-0.15, -0.1) is 0 Å². The van der Waals surface area contributed by atoms with E-state index in [0.29, 0.717) is 22.9 Å². The molecule has 0 radical (unpaired) electrons. The minimum atomic E-state index is -0.511. The third kappa shape index (κ3) is 3.31. The number of halogens is 3. The van der Waals surface area contributed by atoms with Crippen LogP contribution in [0, 0.1) is 5.82 Å². The highest BCUT2D eigenvalue weighted by Gasteiger charge is 2.10. The van der Waals surface area contributed by atoms with E-state index in [1.54, 1.807) is 0 Å². The van der Waals surface area contributed by atoms with Crippen LogP contribution in [-0.4, -0.2) is 7.05 Å². The first-order valence-electron chi connectivity index (χ1n) is 5.67. The van der Waals surface area contributed by atoms with Crippen molar-refractivity contribution in [3.8, 4) is 0 Å². The maximum atomic E-state index is 13.2. The van der Waals surface area contributed by atoms with Crippen LogP contribution in [0.4, 0.5) is 15.8 Å². The van der Waals surface area contributed by atoms with Gasteiger partial charge >= 0.3 is 0 Å². The van der Waals surface area contributed by atoms with E-state index in [4.69, 9.17) is 28.9 Å². The third-order valence-electron chi connectivity index (χ3n) is 2.81. The highest BCUT2D eigenvalue weighted by Crippen LogP contribution is 2.29. The summed E-state index contributed by atoms with van der Waals surface area (Å²) in [7, 11) is 1.87. The molecule has 0 fully saturated rings. The topological polar surface area (TPSA) is 29.3 Å². The Kier molecular flexibility index (Phi) is 4.17. The summed E-state index contributed by atoms with van der Waals surface area (Å²) in [5, 5.41) is 0.753. The lowest BCUT2D eigenvalue weighted by atomic mass is 10.2. The lowest BCUT2D eigenvalue weighted by Gasteiger charge is -2.21. The van der Waals surface area contributed by atoms with Gasteiger partial charge in [-0.2, -0.15) is 0 Å². The molecule has 2 rings (SSSR count). The van der Waals surface area contributed by atoms with E-state index >= 15 is 0 Å². The van der Waals surface area contributed by atoms with E-state index in [1.165, 1.54) is 12.1 Å². The molecule has 0 aromatic heterocycles. The summed E-state index contributed by atoms with van der Waals surface area (Å²) in [6.45, 7) is 0.628. The predicted octanol–water partition coefficient (Wildman–Crippen LogP) is 4.35. The number of anilines is 2. The first kappa shape index (κ1) is 14.0. The quantitative estimate of drug-likeness (QED) is 0.854. The Labute approximate surface area is 121 Å². The fourth-order valence-electron chi connectivity index (χ4n) is 1.83. The van der Waals surface area contributed by atoms with Gasteiger partial charge < -0.3 is 10.6 Å². The fraction of sp³-hybridized carbons (Fsp3) is 0.143. The maximum Gasteiger partial charge on any atom is 0.143 e. The Morgan fingerprint density at radius 2 is 1.79 bits per heavy atom. The second kappa shape index (κ2) is 5.68. The van der Waals surface area contributed by atoms with Crippen molar-refractivity contribution in [2.45, 2.75) is 6.54 Å². The van der Waals surface area contributed by atoms with E-state index in [-0.39, 0.29) is 5.02 Å². The second-order valence-corrected chi connectivity index (χ2v) is 5.15. The van der Waals surface area contributed by atoms with Gasteiger partial charge in [-0.1, -0.05) is 35.3 Å². The molecule has 2 N–H and O–H groups in total. The lowest BCUT2D eigenvalue weighted by molar-refractivity contribution is 0.628. The molecule has 0 saturated heterocycles. The van der Waals surface area contributed by atoms with E-state index in [2.05, 4.69) is 0 Å². The minimum absolute atomic E-state index is 0.0622. The summed E-state index contributed by atoms with van der Waals surface area (Å²) in [6.07, 6.45) is 0. The van der Waals surface area contributed by atoms with Crippen LogP contribution in [0.2, 0.25) is 10.0 Å². The van der Waals surface area contributed by atoms with Gasteiger partial charge in [0.05, 0.1) is 16.4 Å². The smallest absolute Gasteiger partial charge is 0.143 e. The predicted molar refractivity (Wildman–Crippen MR) is 79.4 cm³/mol. The lowest BCUT2D eigenvalue weighted by Crippen LogP contribution is -2.18. The van der Waals surface area contributed by atoms with Crippen molar-refractivity contribution < 1.29 is 4.39 Å². The molecule has 0 aliphatic carbocycles. The van der Waals surface area contributed by atoms with Gasteiger partial charge in [0.2, 0.25) is 0 Å². The molecule has 0 aliphatic heterocycles. The first-order valence-corrected chi connectivity index (χ1v) is 6.43. The summed E-state index contributed by atoms with van der Waals surface area (Å²) in [6, 6.07) is 10.3. The summed E-state index contributed by atoms with van der Waals surface area (Å²) < 4.78 is 13.2. The molecular weight excluding hydrogens is 286 g/mol. The Morgan fingerprint density at radius 3 is 2.42 bits per heavy atom. The molecule has 0 unspecified atom stereocenters. The highest BCUT2D eigenvalue weighted by molar-refractivity contribution is 6.31. The molecule has 19 heavy (non-hydrogen) atoms. The van der Waals surface area contributed by atoms with Crippen LogP contribution in [0.3, 0.4) is 0 Å². The molecule has 5 heteroatoms. The normalized spacial score (nSPS) is 10.5. The Hall–Kier alpha value is -1.45. The number of hydrogen-bond donors (Lipinski definition) is 1. The van der Waals surface area contributed by atoms with Gasteiger partial charge in [0.25, 0.3) is 0 Å². The van der Waals surface area contributed by atoms with E-state index in [9.17, 15) is 4.39 Å². The van der Waals surface area contributed by atoms with Crippen LogP contribution in [0.5, 0.6) is 0 Å². The summed E-state index contributed by atoms with van der Waals surface area (Å²) in [5.74, 6) is -0.511. The van der Waals surface area contributed by atoms with Crippen LogP contribution in [-0.2, 0) is 6.54 Å². The molecule has 2 aromatic carbocycles. The Bertz CT molecular complexity index is 585. The summed E-state index contributed by atoms with van der Waals surface area (Å²) in [4.78, 5) is 1.91. The molecule has 0 saturated carbocycles. The summed E-state index contributed by atoms with van der Waals surface area (Å²) >= 11 is 11.6. The van der Waals surface area contributed by atoms with Crippen LogP contribution >= 0.6 is 23.2 Å². The molecule has 0 amide bonds.